The van der Waals surface area contributed by atoms with Gasteiger partial charge in [0.15, 0.2) is 12.2 Å². The number of carbonyl (C=O) groups excluding carboxylic acids is 2. The summed E-state index contributed by atoms with van der Waals surface area (Å²) >= 11 is 0. The molecule has 0 spiro atoms. The quantitative estimate of drug-likeness (QED) is 0.354. The summed E-state index contributed by atoms with van der Waals surface area (Å²) in [5.74, 6) is -0.725. The van der Waals surface area contributed by atoms with Crippen molar-refractivity contribution in [3.63, 3.8) is 0 Å². The molecule has 1 aromatic heterocycles. The summed E-state index contributed by atoms with van der Waals surface area (Å²) in [5, 5.41) is 10.0. The van der Waals surface area contributed by atoms with Gasteiger partial charge in [0.2, 0.25) is 0 Å². The highest BCUT2D eigenvalue weighted by Gasteiger charge is 2.49. The Morgan fingerprint density at radius 1 is 1.06 bits per heavy atom. The van der Waals surface area contributed by atoms with Gasteiger partial charge in [-0.1, -0.05) is 12.1 Å². The van der Waals surface area contributed by atoms with Crippen molar-refractivity contribution in [2.75, 3.05) is 0 Å². The van der Waals surface area contributed by atoms with Crippen LogP contribution in [0.2, 0.25) is 0 Å². The highest BCUT2D eigenvalue weighted by atomic mass is 16.6. The van der Waals surface area contributed by atoms with Gasteiger partial charge in [0.1, 0.15) is 22.7 Å². The van der Waals surface area contributed by atoms with Crippen LogP contribution in [0.25, 0.3) is 17.0 Å². The van der Waals surface area contributed by atoms with Crippen LogP contribution in [0.15, 0.2) is 63.8 Å². The third kappa shape index (κ3) is 4.59. The molecule has 8 heteroatoms. The van der Waals surface area contributed by atoms with Crippen molar-refractivity contribution in [1.82, 2.24) is 0 Å². The van der Waals surface area contributed by atoms with Gasteiger partial charge in [-0.15, -0.1) is 0 Å². The first-order valence-corrected chi connectivity index (χ1v) is 10.2. The zero-order valence-electron chi connectivity index (χ0n) is 18.2. The molecule has 0 bridgehead atoms. The minimum atomic E-state index is -1.17. The molecule has 1 N–H and O–H groups in total. The highest BCUT2D eigenvalue weighted by molar-refractivity contribution is 5.88. The van der Waals surface area contributed by atoms with Crippen molar-refractivity contribution in [2.45, 2.75) is 38.6 Å². The maximum atomic E-state index is 12.7. The molecule has 1 aliphatic rings. The van der Waals surface area contributed by atoms with Gasteiger partial charge < -0.3 is 23.7 Å². The van der Waals surface area contributed by atoms with Crippen LogP contribution in [0.4, 0.5) is 0 Å². The summed E-state index contributed by atoms with van der Waals surface area (Å²) in [6.07, 6.45) is 0.870. The van der Waals surface area contributed by atoms with Crippen LogP contribution < -0.4 is 10.4 Å². The Morgan fingerprint density at radius 2 is 1.76 bits per heavy atom. The molecular weight excluding hydrogens is 428 g/mol. The van der Waals surface area contributed by atoms with Crippen molar-refractivity contribution in [3.8, 4) is 11.5 Å². The van der Waals surface area contributed by atoms with Crippen LogP contribution in [0.3, 0.4) is 0 Å². The van der Waals surface area contributed by atoms with Crippen LogP contribution in [0, 0.1) is 0 Å². The van der Waals surface area contributed by atoms with E-state index < -0.39 is 35.4 Å². The third-order valence-corrected chi connectivity index (χ3v) is 5.24. The lowest BCUT2D eigenvalue weighted by atomic mass is 9.93. The summed E-state index contributed by atoms with van der Waals surface area (Å²) in [4.78, 5) is 36.3. The first-order valence-electron chi connectivity index (χ1n) is 10.2. The normalized spacial score (nSPS) is 17.5. The molecule has 0 aliphatic carbocycles. The van der Waals surface area contributed by atoms with Crippen molar-refractivity contribution in [2.24, 2.45) is 0 Å². The number of benzene rings is 2. The van der Waals surface area contributed by atoms with Crippen LogP contribution in [0.5, 0.6) is 11.5 Å². The maximum absolute atomic E-state index is 12.7. The van der Waals surface area contributed by atoms with E-state index in [4.69, 9.17) is 18.6 Å². The number of hydrogen-bond donors (Lipinski definition) is 1. The number of carbonyl (C=O) groups is 2. The SMILES string of the molecule is CC(=O)OC(C)(C)C1Oc2ccc3ccc(=O)oc3c2C1OC(=O)C=Cc1ccc(O)cc1. The molecule has 2 atom stereocenters. The van der Waals surface area contributed by atoms with Gasteiger partial charge in [0, 0.05) is 24.5 Å². The van der Waals surface area contributed by atoms with E-state index in [1.165, 1.54) is 37.3 Å². The zero-order chi connectivity index (χ0) is 23.8. The molecule has 2 aromatic carbocycles. The second kappa shape index (κ2) is 8.46. The van der Waals surface area contributed by atoms with E-state index in [1.807, 2.05) is 0 Å². The van der Waals surface area contributed by atoms with E-state index in [9.17, 15) is 19.5 Å². The molecule has 4 rings (SSSR count). The van der Waals surface area contributed by atoms with Crippen molar-refractivity contribution in [1.29, 1.82) is 0 Å². The summed E-state index contributed by atoms with van der Waals surface area (Å²) in [6, 6.07) is 12.6. The Morgan fingerprint density at radius 3 is 2.45 bits per heavy atom. The maximum Gasteiger partial charge on any atom is 0.336 e. The molecule has 0 saturated heterocycles. The summed E-state index contributed by atoms with van der Waals surface area (Å²) in [6.45, 7) is 4.58. The molecular formula is C25H22O8. The van der Waals surface area contributed by atoms with E-state index >= 15 is 0 Å². The van der Waals surface area contributed by atoms with Gasteiger partial charge in [-0.25, -0.2) is 9.59 Å². The number of hydrogen-bond acceptors (Lipinski definition) is 8. The molecule has 0 radical (unpaired) electrons. The van der Waals surface area contributed by atoms with Crippen LogP contribution in [0.1, 0.15) is 38.0 Å². The van der Waals surface area contributed by atoms with Crippen molar-refractivity contribution in [3.05, 3.63) is 76.2 Å². The van der Waals surface area contributed by atoms with Gasteiger partial charge in [0.05, 0.1) is 5.56 Å². The van der Waals surface area contributed by atoms with Gasteiger partial charge in [-0.3, -0.25) is 4.79 Å². The molecule has 8 nitrogen and oxygen atoms in total. The lowest BCUT2D eigenvalue weighted by molar-refractivity contribution is -0.173. The minimum Gasteiger partial charge on any atom is -0.508 e. The predicted molar refractivity (Wildman–Crippen MR) is 119 cm³/mol. The monoisotopic (exact) mass is 450 g/mol. The molecule has 2 heterocycles. The Hall–Kier alpha value is -4.07. The lowest BCUT2D eigenvalue weighted by Gasteiger charge is -2.33. The number of rotatable bonds is 5. The molecule has 1 aliphatic heterocycles. The topological polar surface area (TPSA) is 112 Å². The Balaban J connectivity index is 1.72. The van der Waals surface area contributed by atoms with Crippen LogP contribution >= 0.6 is 0 Å². The standard InChI is InChI=1S/C25H22O8/c1-14(26)33-25(2,3)24-23(32-19(28)12-6-15-4-9-17(27)10-5-15)21-18(30-24)11-7-16-8-13-20(29)31-22(16)21/h4-13,23-24,27H,1-3H3. The number of fused-ring (bicyclic) bond motifs is 3. The number of phenolic OH excluding ortho intramolecular Hbond substituents is 1. The lowest BCUT2D eigenvalue weighted by Crippen LogP contribution is -2.46. The minimum absolute atomic E-state index is 0.110. The smallest absolute Gasteiger partial charge is 0.336 e. The molecule has 0 fully saturated rings. The van der Waals surface area contributed by atoms with E-state index in [1.54, 1.807) is 44.2 Å². The van der Waals surface area contributed by atoms with Crippen LogP contribution in [-0.2, 0) is 19.1 Å². The average molecular weight is 450 g/mol. The molecule has 33 heavy (non-hydrogen) atoms. The van der Waals surface area contributed by atoms with Gasteiger partial charge in [-0.2, -0.15) is 0 Å². The van der Waals surface area contributed by atoms with E-state index in [0.29, 0.717) is 22.3 Å². The van der Waals surface area contributed by atoms with Gasteiger partial charge >= 0.3 is 17.6 Å². The second-order valence-electron chi connectivity index (χ2n) is 8.17. The predicted octanol–water partition coefficient (Wildman–Crippen LogP) is 3.90. The molecule has 0 saturated carbocycles. The number of phenols is 1. The van der Waals surface area contributed by atoms with Gasteiger partial charge in [-0.05, 0) is 55.8 Å². The van der Waals surface area contributed by atoms with Crippen LogP contribution in [-0.4, -0.2) is 28.8 Å². The number of esters is 2. The highest BCUT2D eigenvalue weighted by Crippen LogP contribution is 2.47. The summed E-state index contributed by atoms with van der Waals surface area (Å²) in [7, 11) is 0. The largest absolute Gasteiger partial charge is 0.508 e. The molecule has 170 valence electrons. The molecule has 0 amide bonds. The molecule has 3 aromatic rings. The van der Waals surface area contributed by atoms with E-state index in [0.717, 1.165) is 0 Å². The number of aromatic hydroxyl groups is 1. The fourth-order valence-corrected chi connectivity index (χ4v) is 3.83. The van der Waals surface area contributed by atoms with E-state index in [-0.39, 0.29) is 11.3 Å². The third-order valence-electron chi connectivity index (χ3n) is 5.24. The first kappa shape index (κ1) is 22.1. The zero-order valence-corrected chi connectivity index (χ0v) is 18.2. The fourth-order valence-electron chi connectivity index (χ4n) is 3.83. The van der Waals surface area contributed by atoms with E-state index in [2.05, 4.69) is 0 Å². The average Bonchev–Trinajstić information content (AvgIpc) is 3.12. The Labute approximate surface area is 189 Å². The summed E-state index contributed by atoms with van der Waals surface area (Å²) < 4.78 is 22.7. The molecule has 2 unspecified atom stereocenters. The fraction of sp³-hybridized carbons (Fsp3) is 0.240. The van der Waals surface area contributed by atoms with Crippen molar-refractivity contribution < 1.29 is 33.3 Å². The Kier molecular flexibility index (Phi) is 5.68. The summed E-state index contributed by atoms with van der Waals surface area (Å²) in [5.41, 5.74) is -0.419. The number of ether oxygens (including phenoxy) is 3. The Bertz CT molecular complexity index is 1300. The first-order chi connectivity index (χ1) is 15.6. The second-order valence-corrected chi connectivity index (χ2v) is 8.17. The van der Waals surface area contributed by atoms with Crippen molar-refractivity contribution >= 4 is 29.0 Å². The van der Waals surface area contributed by atoms with Gasteiger partial charge in [0.25, 0.3) is 0 Å².